The molecule has 1 heterocycles. The zero-order valence-electron chi connectivity index (χ0n) is 12.8. The molecule has 1 amide bonds. The van der Waals surface area contributed by atoms with Crippen LogP contribution in [0.4, 0.5) is 5.69 Å². The molecule has 1 aliphatic rings. The SMILES string of the molecule is CCN(CC)C(=O)CSC1=NS(=O)(=O)c2ccc(C)cc2N1. The fourth-order valence-electron chi connectivity index (χ4n) is 2.12. The van der Waals surface area contributed by atoms with E-state index in [0.717, 1.165) is 17.3 Å². The number of aryl methyl sites for hydroxylation is 1. The molecule has 0 aliphatic carbocycles. The van der Waals surface area contributed by atoms with Crippen molar-refractivity contribution in [3.8, 4) is 0 Å². The maximum Gasteiger partial charge on any atom is 0.286 e. The average Bonchev–Trinajstić information content (AvgIpc) is 2.45. The third-order valence-corrected chi connectivity index (χ3v) is 5.61. The minimum atomic E-state index is -3.71. The Morgan fingerprint density at radius 3 is 2.64 bits per heavy atom. The van der Waals surface area contributed by atoms with Crippen molar-refractivity contribution in [2.75, 3.05) is 24.2 Å². The molecule has 0 saturated carbocycles. The van der Waals surface area contributed by atoms with E-state index in [1.54, 1.807) is 23.1 Å². The number of fused-ring (bicyclic) bond motifs is 1. The smallest absolute Gasteiger partial charge is 0.286 e. The molecule has 6 nitrogen and oxygen atoms in total. The Bertz CT molecular complexity index is 710. The number of nitrogens with one attached hydrogen (secondary N) is 1. The number of amides is 1. The molecule has 0 aromatic heterocycles. The number of nitrogens with zero attached hydrogens (tertiary/aromatic N) is 2. The van der Waals surface area contributed by atoms with Crippen molar-refractivity contribution in [1.29, 1.82) is 0 Å². The Hall–Kier alpha value is -1.54. The predicted octanol–water partition coefficient (Wildman–Crippen LogP) is 2.07. The summed E-state index contributed by atoms with van der Waals surface area (Å²) in [7, 11) is -3.71. The number of carbonyl (C=O) groups is 1. The zero-order chi connectivity index (χ0) is 16.3. The van der Waals surface area contributed by atoms with E-state index in [2.05, 4.69) is 9.71 Å². The Labute approximate surface area is 135 Å². The first-order chi connectivity index (χ1) is 10.4. The Balaban J connectivity index is 2.15. The van der Waals surface area contributed by atoms with Gasteiger partial charge in [-0.15, -0.1) is 4.40 Å². The number of carbonyl (C=O) groups excluding carboxylic acids is 1. The van der Waals surface area contributed by atoms with Crippen molar-refractivity contribution in [3.05, 3.63) is 23.8 Å². The molecule has 1 aromatic carbocycles. The number of hydrogen-bond donors (Lipinski definition) is 1. The number of anilines is 1. The molecule has 1 N–H and O–H groups in total. The van der Waals surface area contributed by atoms with E-state index in [0.29, 0.717) is 18.8 Å². The van der Waals surface area contributed by atoms with Gasteiger partial charge in [0.25, 0.3) is 10.0 Å². The summed E-state index contributed by atoms with van der Waals surface area (Å²) in [5, 5.41) is 3.22. The number of rotatable bonds is 4. The summed E-state index contributed by atoms with van der Waals surface area (Å²) >= 11 is 1.10. The first-order valence-corrected chi connectivity index (χ1v) is 9.43. The van der Waals surface area contributed by atoms with Crippen molar-refractivity contribution in [1.82, 2.24) is 4.90 Å². The summed E-state index contributed by atoms with van der Waals surface area (Å²) in [4.78, 5) is 13.8. The Kier molecular flexibility index (Phi) is 5.12. The number of amidine groups is 1. The van der Waals surface area contributed by atoms with Crippen molar-refractivity contribution in [2.45, 2.75) is 25.7 Å². The third kappa shape index (κ3) is 3.61. The van der Waals surface area contributed by atoms with Crippen molar-refractivity contribution in [3.63, 3.8) is 0 Å². The lowest BCUT2D eigenvalue weighted by atomic mass is 10.2. The minimum absolute atomic E-state index is 0.0352. The van der Waals surface area contributed by atoms with Crippen LogP contribution < -0.4 is 5.32 Å². The van der Waals surface area contributed by atoms with Gasteiger partial charge in [-0.2, -0.15) is 8.42 Å². The van der Waals surface area contributed by atoms with Crippen LogP contribution in [0.1, 0.15) is 19.4 Å². The summed E-state index contributed by atoms with van der Waals surface area (Å²) in [5.74, 6) is 0.122. The summed E-state index contributed by atoms with van der Waals surface area (Å²) in [6.45, 7) is 6.97. The number of thioether (sulfide) groups is 1. The van der Waals surface area contributed by atoms with Crippen LogP contribution in [0.3, 0.4) is 0 Å². The molecule has 1 aliphatic heterocycles. The Morgan fingerprint density at radius 1 is 1.32 bits per heavy atom. The van der Waals surface area contributed by atoms with E-state index in [9.17, 15) is 13.2 Å². The molecule has 0 unspecified atom stereocenters. The second kappa shape index (κ2) is 6.70. The monoisotopic (exact) mass is 341 g/mol. The molecule has 8 heteroatoms. The molecular weight excluding hydrogens is 322 g/mol. The fourth-order valence-corrected chi connectivity index (χ4v) is 4.24. The van der Waals surface area contributed by atoms with Crippen LogP contribution in [0, 0.1) is 6.92 Å². The number of hydrogen-bond acceptors (Lipinski definition) is 5. The lowest BCUT2D eigenvalue weighted by molar-refractivity contribution is -0.127. The molecule has 0 fully saturated rings. The normalized spacial score (nSPS) is 15.5. The zero-order valence-corrected chi connectivity index (χ0v) is 14.4. The van der Waals surface area contributed by atoms with Gasteiger partial charge in [0.05, 0.1) is 11.4 Å². The fraction of sp³-hybridized carbons (Fsp3) is 0.429. The van der Waals surface area contributed by atoms with E-state index < -0.39 is 10.0 Å². The highest BCUT2D eigenvalue weighted by Crippen LogP contribution is 2.30. The van der Waals surface area contributed by atoms with Gasteiger partial charge in [0.15, 0.2) is 5.17 Å². The standard InChI is InChI=1S/C14H19N3O3S2/c1-4-17(5-2)13(18)9-21-14-15-11-8-10(3)6-7-12(11)22(19,20)16-14/h6-8H,4-5,9H2,1-3H3,(H,15,16). The summed E-state index contributed by atoms with van der Waals surface area (Å²) < 4.78 is 28.0. The topological polar surface area (TPSA) is 78.8 Å². The molecule has 0 bridgehead atoms. The van der Waals surface area contributed by atoms with Gasteiger partial charge in [-0.25, -0.2) is 0 Å². The number of benzene rings is 1. The lowest BCUT2D eigenvalue weighted by Crippen LogP contribution is -2.32. The highest BCUT2D eigenvalue weighted by molar-refractivity contribution is 8.15. The van der Waals surface area contributed by atoms with Crippen LogP contribution in [0.5, 0.6) is 0 Å². The summed E-state index contributed by atoms with van der Waals surface area (Å²) in [6, 6.07) is 5.03. The van der Waals surface area contributed by atoms with Gasteiger partial charge in [0.1, 0.15) is 4.90 Å². The molecular formula is C14H19N3O3S2. The quantitative estimate of drug-likeness (QED) is 0.907. The van der Waals surface area contributed by atoms with Crippen molar-refractivity contribution >= 4 is 38.5 Å². The molecule has 0 saturated heterocycles. The van der Waals surface area contributed by atoms with Gasteiger partial charge < -0.3 is 10.2 Å². The molecule has 1 aromatic rings. The molecule has 2 rings (SSSR count). The molecule has 0 radical (unpaired) electrons. The molecule has 0 spiro atoms. The molecule has 0 atom stereocenters. The van der Waals surface area contributed by atoms with Crippen molar-refractivity contribution < 1.29 is 13.2 Å². The van der Waals surface area contributed by atoms with Crippen LogP contribution in [-0.2, 0) is 14.8 Å². The van der Waals surface area contributed by atoms with E-state index >= 15 is 0 Å². The van der Waals surface area contributed by atoms with Gasteiger partial charge in [-0.05, 0) is 38.5 Å². The van der Waals surface area contributed by atoms with E-state index in [4.69, 9.17) is 0 Å². The number of sulfonamides is 1. The summed E-state index contributed by atoms with van der Waals surface area (Å²) in [5.41, 5.74) is 1.46. The second-order valence-corrected chi connectivity index (χ2v) is 7.39. The largest absolute Gasteiger partial charge is 0.343 e. The molecule has 22 heavy (non-hydrogen) atoms. The minimum Gasteiger partial charge on any atom is -0.343 e. The van der Waals surface area contributed by atoms with Gasteiger partial charge in [0.2, 0.25) is 5.91 Å². The maximum atomic E-state index is 12.1. The maximum absolute atomic E-state index is 12.1. The van der Waals surface area contributed by atoms with Crippen LogP contribution >= 0.6 is 11.8 Å². The van der Waals surface area contributed by atoms with Crippen molar-refractivity contribution in [2.24, 2.45) is 4.40 Å². The lowest BCUT2D eigenvalue weighted by Gasteiger charge is -2.20. The first-order valence-electron chi connectivity index (χ1n) is 7.00. The van der Waals surface area contributed by atoms with E-state index in [1.165, 1.54) is 0 Å². The van der Waals surface area contributed by atoms with E-state index in [-0.39, 0.29) is 21.7 Å². The van der Waals surface area contributed by atoms with Gasteiger partial charge in [-0.3, -0.25) is 4.79 Å². The van der Waals surface area contributed by atoms with Crippen LogP contribution in [-0.4, -0.2) is 43.2 Å². The highest BCUT2D eigenvalue weighted by atomic mass is 32.2. The van der Waals surface area contributed by atoms with Crippen LogP contribution in [0.25, 0.3) is 0 Å². The van der Waals surface area contributed by atoms with Gasteiger partial charge >= 0.3 is 0 Å². The van der Waals surface area contributed by atoms with Gasteiger partial charge in [-0.1, -0.05) is 17.8 Å². The average molecular weight is 341 g/mol. The highest BCUT2D eigenvalue weighted by Gasteiger charge is 2.25. The second-order valence-electron chi connectivity index (χ2n) is 4.85. The first kappa shape index (κ1) is 16.8. The van der Waals surface area contributed by atoms with E-state index in [1.807, 2.05) is 20.8 Å². The van der Waals surface area contributed by atoms with Crippen LogP contribution in [0.2, 0.25) is 0 Å². The third-order valence-electron chi connectivity index (χ3n) is 3.31. The predicted molar refractivity (Wildman–Crippen MR) is 89.8 cm³/mol. The summed E-state index contributed by atoms with van der Waals surface area (Å²) in [6.07, 6.45) is 0. The Morgan fingerprint density at radius 2 is 2.00 bits per heavy atom. The van der Waals surface area contributed by atoms with Crippen LogP contribution in [0.15, 0.2) is 27.5 Å². The molecule has 120 valence electrons. The van der Waals surface area contributed by atoms with Gasteiger partial charge in [0, 0.05) is 13.1 Å².